The fraction of sp³-hybridized carbons (Fsp3) is 0.235. The Morgan fingerprint density at radius 2 is 1.75 bits per heavy atom. The van der Waals surface area contributed by atoms with Crippen LogP contribution in [0.5, 0.6) is 0 Å². The van der Waals surface area contributed by atoms with Gasteiger partial charge in [-0.1, -0.05) is 12.1 Å². The molecule has 0 aliphatic heterocycles. The minimum atomic E-state index is 0.738. The SMILES string of the molecule is CSc1cccc(N(C)c2cc(C)cc(C)c2)c1C#N. The molecule has 0 N–H and O–H groups in total. The van der Waals surface area contributed by atoms with Crippen molar-refractivity contribution in [2.24, 2.45) is 0 Å². The van der Waals surface area contributed by atoms with E-state index < -0.39 is 0 Å². The monoisotopic (exact) mass is 282 g/mol. The van der Waals surface area contributed by atoms with Gasteiger partial charge in [-0.3, -0.25) is 0 Å². The molecule has 2 aromatic rings. The van der Waals surface area contributed by atoms with Gasteiger partial charge < -0.3 is 4.90 Å². The summed E-state index contributed by atoms with van der Waals surface area (Å²) in [5.41, 5.74) is 5.25. The van der Waals surface area contributed by atoms with E-state index >= 15 is 0 Å². The first-order valence-corrected chi connectivity index (χ1v) is 7.68. The molecule has 0 saturated heterocycles. The average molecular weight is 282 g/mol. The van der Waals surface area contributed by atoms with E-state index in [0.29, 0.717) is 0 Å². The molecule has 0 aliphatic rings. The maximum absolute atomic E-state index is 9.45. The molecule has 102 valence electrons. The molecule has 2 aromatic carbocycles. The largest absolute Gasteiger partial charge is 0.343 e. The summed E-state index contributed by atoms with van der Waals surface area (Å²) >= 11 is 1.60. The van der Waals surface area contributed by atoms with Gasteiger partial charge in [0.25, 0.3) is 0 Å². The van der Waals surface area contributed by atoms with Crippen molar-refractivity contribution in [3.8, 4) is 6.07 Å². The smallest absolute Gasteiger partial charge is 0.103 e. The first-order chi connectivity index (χ1) is 9.56. The third kappa shape index (κ3) is 2.81. The van der Waals surface area contributed by atoms with E-state index in [2.05, 4.69) is 43.0 Å². The Bertz CT molecular complexity index is 651. The maximum atomic E-state index is 9.45. The van der Waals surface area contributed by atoms with Crippen LogP contribution in [0.15, 0.2) is 41.3 Å². The molecule has 20 heavy (non-hydrogen) atoms. The molecule has 0 amide bonds. The lowest BCUT2D eigenvalue weighted by molar-refractivity contribution is 1.17. The van der Waals surface area contributed by atoms with Crippen LogP contribution in [-0.2, 0) is 0 Å². The van der Waals surface area contributed by atoms with Crippen LogP contribution >= 0.6 is 11.8 Å². The molecule has 0 aliphatic carbocycles. The Kier molecular flexibility index (Phi) is 4.36. The van der Waals surface area contributed by atoms with Crippen molar-refractivity contribution in [3.63, 3.8) is 0 Å². The number of nitrogens with zero attached hydrogens (tertiary/aromatic N) is 2. The molecular formula is C17H18N2S. The summed E-state index contributed by atoms with van der Waals surface area (Å²) in [6.07, 6.45) is 2.00. The van der Waals surface area contributed by atoms with Crippen molar-refractivity contribution >= 4 is 23.1 Å². The number of aryl methyl sites for hydroxylation is 2. The summed E-state index contributed by atoms with van der Waals surface area (Å²) in [5.74, 6) is 0. The number of hydrogen-bond donors (Lipinski definition) is 0. The van der Waals surface area contributed by atoms with E-state index in [0.717, 1.165) is 21.8 Å². The van der Waals surface area contributed by atoms with E-state index in [1.807, 2.05) is 31.5 Å². The summed E-state index contributed by atoms with van der Waals surface area (Å²) < 4.78 is 0. The quantitative estimate of drug-likeness (QED) is 0.766. The summed E-state index contributed by atoms with van der Waals surface area (Å²) in [6, 6.07) is 14.7. The van der Waals surface area contributed by atoms with Gasteiger partial charge in [0, 0.05) is 17.6 Å². The number of thioether (sulfide) groups is 1. The Balaban J connectivity index is 2.53. The molecule has 0 spiro atoms. The minimum absolute atomic E-state index is 0.738. The van der Waals surface area contributed by atoms with Gasteiger partial charge in [0.05, 0.1) is 11.3 Å². The number of anilines is 2. The van der Waals surface area contributed by atoms with Crippen LogP contribution in [0, 0.1) is 25.2 Å². The highest BCUT2D eigenvalue weighted by Gasteiger charge is 2.13. The molecule has 0 saturated carbocycles. The molecule has 0 aromatic heterocycles. The van der Waals surface area contributed by atoms with Crippen molar-refractivity contribution in [1.82, 2.24) is 0 Å². The fourth-order valence-corrected chi connectivity index (χ4v) is 2.93. The van der Waals surface area contributed by atoms with Crippen LogP contribution < -0.4 is 4.90 Å². The summed E-state index contributed by atoms with van der Waals surface area (Å²) in [7, 11) is 2.01. The van der Waals surface area contributed by atoms with Crippen molar-refractivity contribution in [1.29, 1.82) is 5.26 Å². The number of benzene rings is 2. The molecule has 0 bridgehead atoms. The van der Waals surface area contributed by atoms with Gasteiger partial charge in [-0.05, 0) is 55.5 Å². The summed E-state index contributed by atoms with van der Waals surface area (Å²) in [4.78, 5) is 3.10. The van der Waals surface area contributed by atoms with E-state index in [-0.39, 0.29) is 0 Å². The zero-order chi connectivity index (χ0) is 14.7. The van der Waals surface area contributed by atoms with Crippen molar-refractivity contribution < 1.29 is 0 Å². The highest BCUT2D eigenvalue weighted by molar-refractivity contribution is 7.98. The second-order valence-electron chi connectivity index (χ2n) is 4.87. The van der Waals surface area contributed by atoms with E-state index in [1.165, 1.54) is 11.1 Å². The van der Waals surface area contributed by atoms with Crippen LogP contribution in [0.25, 0.3) is 0 Å². The first kappa shape index (κ1) is 14.5. The predicted octanol–water partition coefficient (Wildman–Crippen LogP) is 4.66. The van der Waals surface area contributed by atoms with Gasteiger partial charge in [0.2, 0.25) is 0 Å². The van der Waals surface area contributed by atoms with Crippen LogP contribution in [-0.4, -0.2) is 13.3 Å². The Morgan fingerprint density at radius 3 is 2.30 bits per heavy atom. The topological polar surface area (TPSA) is 27.0 Å². The molecule has 0 heterocycles. The van der Waals surface area contributed by atoms with E-state index in [1.54, 1.807) is 11.8 Å². The zero-order valence-electron chi connectivity index (χ0n) is 12.3. The number of rotatable bonds is 3. The predicted molar refractivity (Wildman–Crippen MR) is 86.9 cm³/mol. The van der Waals surface area contributed by atoms with Gasteiger partial charge in [-0.15, -0.1) is 11.8 Å². The van der Waals surface area contributed by atoms with Crippen LogP contribution in [0.3, 0.4) is 0 Å². The molecule has 0 atom stereocenters. The average Bonchev–Trinajstić information content (AvgIpc) is 2.44. The summed E-state index contributed by atoms with van der Waals surface area (Å²) in [6.45, 7) is 4.18. The Hall–Kier alpha value is -1.92. The minimum Gasteiger partial charge on any atom is -0.343 e. The lowest BCUT2D eigenvalue weighted by atomic mass is 10.1. The maximum Gasteiger partial charge on any atom is 0.103 e. The van der Waals surface area contributed by atoms with Gasteiger partial charge in [0.15, 0.2) is 0 Å². The van der Waals surface area contributed by atoms with E-state index in [4.69, 9.17) is 0 Å². The van der Waals surface area contributed by atoms with Gasteiger partial charge >= 0.3 is 0 Å². The van der Waals surface area contributed by atoms with E-state index in [9.17, 15) is 5.26 Å². The number of hydrogen-bond acceptors (Lipinski definition) is 3. The molecule has 2 rings (SSSR count). The van der Waals surface area contributed by atoms with Crippen molar-refractivity contribution in [2.75, 3.05) is 18.2 Å². The second kappa shape index (κ2) is 6.02. The molecule has 3 heteroatoms. The van der Waals surface area contributed by atoms with Crippen LogP contribution in [0.4, 0.5) is 11.4 Å². The standard InChI is InChI=1S/C17H18N2S/c1-12-8-13(2)10-14(9-12)19(3)16-6-5-7-17(20-4)15(16)11-18/h5-10H,1-4H3. The van der Waals surface area contributed by atoms with Crippen molar-refractivity contribution in [2.45, 2.75) is 18.7 Å². The zero-order valence-corrected chi connectivity index (χ0v) is 13.1. The van der Waals surface area contributed by atoms with Gasteiger partial charge in [-0.2, -0.15) is 5.26 Å². The third-order valence-electron chi connectivity index (χ3n) is 3.29. The Labute approximate surface area is 125 Å². The Morgan fingerprint density at radius 1 is 1.10 bits per heavy atom. The van der Waals surface area contributed by atoms with Crippen LogP contribution in [0.1, 0.15) is 16.7 Å². The van der Waals surface area contributed by atoms with Gasteiger partial charge in [-0.25, -0.2) is 0 Å². The lowest BCUT2D eigenvalue weighted by Crippen LogP contribution is -2.11. The molecule has 0 unspecified atom stereocenters. The van der Waals surface area contributed by atoms with Crippen molar-refractivity contribution in [3.05, 3.63) is 53.1 Å². The second-order valence-corrected chi connectivity index (χ2v) is 5.72. The highest BCUT2D eigenvalue weighted by atomic mass is 32.2. The fourth-order valence-electron chi connectivity index (χ4n) is 2.36. The molecule has 0 radical (unpaired) electrons. The first-order valence-electron chi connectivity index (χ1n) is 6.46. The van der Waals surface area contributed by atoms with Gasteiger partial charge in [0.1, 0.15) is 6.07 Å². The summed E-state index contributed by atoms with van der Waals surface area (Å²) in [5, 5.41) is 9.45. The number of nitriles is 1. The molecule has 0 fully saturated rings. The normalized spacial score (nSPS) is 10.2. The molecule has 2 nitrogen and oxygen atoms in total. The molecular weight excluding hydrogens is 264 g/mol. The lowest BCUT2D eigenvalue weighted by Gasteiger charge is -2.22. The third-order valence-corrected chi connectivity index (χ3v) is 4.07. The van der Waals surface area contributed by atoms with Crippen LogP contribution in [0.2, 0.25) is 0 Å². The highest BCUT2D eigenvalue weighted by Crippen LogP contribution is 2.33.